The number of anilines is 1. The van der Waals surface area contributed by atoms with Gasteiger partial charge in [-0.05, 0) is 0 Å². The molecule has 1 aliphatic rings. The number of hydrogen-bond acceptors (Lipinski definition) is 4. The molecule has 0 aromatic heterocycles. The van der Waals surface area contributed by atoms with E-state index in [1.54, 1.807) is 24.3 Å². The molecule has 0 fully saturated rings. The maximum absolute atomic E-state index is 12.5. The number of hydrogen-bond donors (Lipinski definition) is 1. The summed E-state index contributed by atoms with van der Waals surface area (Å²) < 4.78 is 5.09. The van der Waals surface area contributed by atoms with Gasteiger partial charge in [0, 0.05) is 17.2 Å². The van der Waals surface area contributed by atoms with E-state index in [2.05, 4.69) is 0 Å². The summed E-state index contributed by atoms with van der Waals surface area (Å²) in [6.45, 7) is 0. The number of carbonyl (C=O) groups is 2. The van der Waals surface area contributed by atoms with Crippen molar-refractivity contribution < 1.29 is 14.3 Å². The lowest BCUT2D eigenvalue weighted by atomic mass is 9.83. The van der Waals surface area contributed by atoms with E-state index in [1.165, 1.54) is 13.2 Å². The molecule has 0 heterocycles. The maximum atomic E-state index is 12.5. The molecule has 1 aliphatic carbocycles. The lowest BCUT2D eigenvalue weighted by molar-refractivity contribution is 0.0979. The van der Waals surface area contributed by atoms with Crippen LogP contribution in [0.1, 0.15) is 31.8 Å². The summed E-state index contributed by atoms with van der Waals surface area (Å²) in [5.74, 6) is -0.322. The minimum absolute atomic E-state index is 0.123. The highest BCUT2D eigenvalue weighted by Crippen LogP contribution is 2.39. The van der Waals surface area contributed by atoms with E-state index in [4.69, 9.17) is 22.1 Å². The van der Waals surface area contributed by atoms with Gasteiger partial charge in [-0.2, -0.15) is 0 Å². The van der Waals surface area contributed by atoms with Gasteiger partial charge in [-0.15, -0.1) is 0 Å². The fourth-order valence-electron chi connectivity index (χ4n) is 2.42. The molecule has 0 atom stereocenters. The predicted molar refractivity (Wildman–Crippen MR) is 75.7 cm³/mol. The number of nitrogens with two attached hydrogens (primary N) is 1. The number of ether oxygens (including phenoxy) is 1. The second-order valence-electron chi connectivity index (χ2n) is 4.43. The molecular formula is C15H10ClNO3. The van der Waals surface area contributed by atoms with Gasteiger partial charge < -0.3 is 10.5 Å². The van der Waals surface area contributed by atoms with Crippen LogP contribution in [0.2, 0.25) is 5.02 Å². The van der Waals surface area contributed by atoms with Crippen LogP contribution in [0.5, 0.6) is 5.75 Å². The van der Waals surface area contributed by atoms with Crippen molar-refractivity contribution in [3.63, 3.8) is 0 Å². The summed E-state index contributed by atoms with van der Waals surface area (Å²) in [7, 11) is 1.43. The van der Waals surface area contributed by atoms with E-state index in [0.717, 1.165) is 0 Å². The average Bonchev–Trinajstić information content (AvgIpc) is 2.46. The molecule has 5 heteroatoms. The molecule has 0 aliphatic heterocycles. The summed E-state index contributed by atoms with van der Waals surface area (Å²) in [6.07, 6.45) is 0. The van der Waals surface area contributed by atoms with E-state index in [9.17, 15) is 9.59 Å². The molecule has 0 saturated heterocycles. The Hall–Kier alpha value is -2.33. The number of methoxy groups -OCH3 is 1. The Morgan fingerprint density at radius 1 is 1.05 bits per heavy atom. The summed E-state index contributed by atoms with van der Waals surface area (Å²) in [5, 5.41) is 0.166. The molecule has 0 radical (unpaired) electrons. The molecule has 0 saturated carbocycles. The first-order chi connectivity index (χ1) is 9.56. The van der Waals surface area contributed by atoms with E-state index in [1.807, 2.05) is 0 Å². The number of nitrogen functional groups attached to an aromatic ring is 1. The molecule has 0 amide bonds. The van der Waals surface area contributed by atoms with Crippen molar-refractivity contribution in [2.75, 3.05) is 12.8 Å². The highest BCUT2D eigenvalue weighted by molar-refractivity contribution is 6.40. The van der Waals surface area contributed by atoms with Crippen LogP contribution in [0, 0.1) is 0 Å². The van der Waals surface area contributed by atoms with Crippen LogP contribution in [-0.4, -0.2) is 18.7 Å². The normalized spacial score (nSPS) is 12.9. The van der Waals surface area contributed by atoms with E-state index in [-0.39, 0.29) is 39.2 Å². The second kappa shape index (κ2) is 4.35. The van der Waals surface area contributed by atoms with Gasteiger partial charge in [0.15, 0.2) is 11.6 Å². The zero-order valence-corrected chi connectivity index (χ0v) is 11.3. The smallest absolute Gasteiger partial charge is 0.196 e. The Balaban J connectivity index is 2.39. The van der Waals surface area contributed by atoms with Crippen LogP contribution in [0.15, 0.2) is 30.3 Å². The number of carbonyl (C=O) groups excluding carboxylic acids is 2. The zero-order chi connectivity index (χ0) is 14.4. The molecule has 2 aromatic carbocycles. The Kier molecular flexibility index (Phi) is 2.76. The molecule has 0 bridgehead atoms. The third kappa shape index (κ3) is 1.55. The van der Waals surface area contributed by atoms with Gasteiger partial charge >= 0.3 is 0 Å². The van der Waals surface area contributed by atoms with Crippen LogP contribution in [0.4, 0.5) is 5.69 Å². The summed E-state index contributed by atoms with van der Waals surface area (Å²) in [5.41, 5.74) is 7.02. The van der Waals surface area contributed by atoms with Crippen molar-refractivity contribution in [1.29, 1.82) is 0 Å². The van der Waals surface area contributed by atoms with Gasteiger partial charge in [-0.3, -0.25) is 9.59 Å². The van der Waals surface area contributed by atoms with Crippen molar-refractivity contribution >= 4 is 28.9 Å². The molecule has 0 unspecified atom stereocenters. The molecule has 3 rings (SSSR count). The van der Waals surface area contributed by atoms with Crippen molar-refractivity contribution in [1.82, 2.24) is 0 Å². The van der Waals surface area contributed by atoms with Gasteiger partial charge in [0.2, 0.25) is 0 Å². The van der Waals surface area contributed by atoms with E-state index < -0.39 is 0 Å². The summed E-state index contributed by atoms with van der Waals surface area (Å²) in [6, 6.07) is 8.07. The van der Waals surface area contributed by atoms with Crippen LogP contribution < -0.4 is 10.5 Å². The number of ketones is 2. The molecule has 100 valence electrons. The van der Waals surface area contributed by atoms with Gasteiger partial charge in [-0.25, -0.2) is 0 Å². The zero-order valence-electron chi connectivity index (χ0n) is 10.6. The third-order valence-electron chi connectivity index (χ3n) is 3.37. The molecule has 20 heavy (non-hydrogen) atoms. The SMILES string of the molecule is COc1cc(Cl)c2c(c1N)C(=O)c1ccccc1C2=O. The van der Waals surface area contributed by atoms with Crippen molar-refractivity contribution in [3.8, 4) is 5.75 Å². The van der Waals surface area contributed by atoms with Crippen LogP contribution in [0.25, 0.3) is 0 Å². The van der Waals surface area contributed by atoms with Gasteiger partial charge in [0.1, 0.15) is 5.75 Å². The standard InChI is InChI=1S/C15H10ClNO3/c1-20-10-6-9(16)11-12(13(10)17)15(19)8-5-3-2-4-7(8)14(11)18/h2-6H,17H2,1H3. The van der Waals surface area contributed by atoms with Gasteiger partial charge in [0.25, 0.3) is 0 Å². The Bertz CT molecular complexity index is 768. The molecule has 2 aromatic rings. The van der Waals surface area contributed by atoms with Crippen LogP contribution in [-0.2, 0) is 0 Å². The summed E-state index contributed by atoms with van der Waals surface area (Å²) >= 11 is 6.12. The Morgan fingerprint density at radius 3 is 2.15 bits per heavy atom. The summed E-state index contributed by atoms with van der Waals surface area (Å²) in [4.78, 5) is 25.0. The highest BCUT2D eigenvalue weighted by atomic mass is 35.5. The molecular weight excluding hydrogens is 278 g/mol. The van der Waals surface area contributed by atoms with Crippen molar-refractivity contribution in [2.45, 2.75) is 0 Å². The average molecular weight is 288 g/mol. The fraction of sp³-hybridized carbons (Fsp3) is 0.0667. The van der Waals surface area contributed by atoms with Gasteiger partial charge in [-0.1, -0.05) is 35.9 Å². The fourth-order valence-corrected chi connectivity index (χ4v) is 2.70. The third-order valence-corrected chi connectivity index (χ3v) is 3.67. The predicted octanol–water partition coefficient (Wildman–Crippen LogP) is 2.71. The Morgan fingerprint density at radius 2 is 1.60 bits per heavy atom. The number of halogens is 1. The second-order valence-corrected chi connectivity index (χ2v) is 4.84. The maximum Gasteiger partial charge on any atom is 0.196 e. The lowest BCUT2D eigenvalue weighted by Gasteiger charge is -2.21. The molecule has 2 N–H and O–H groups in total. The Labute approximate surface area is 120 Å². The van der Waals surface area contributed by atoms with E-state index in [0.29, 0.717) is 11.1 Å². The number of fused-ring (bicyclic) bond motifs is 2. The molecule has 0 spiro atoms. The molecule has 4 nitrogen and oxygen atoms in total. The first-order valence-electron chi connectivity index (χ1n) is 5.90. The van der Waals surface area contributed by atoms with E-state index >= 15 is 0 Å². The highest BCUT2D eigenvalue weighted by Gasteiger charge is 2.34. The van der Waals surface area contributed by atoms with Gasteiger partial charge in [0.05, 0.1) is 28.9 Å². The first-order valence-corrected chi connectivity index (χ1v) is 6.28. The monoisotopic (exact) mass is 287 g/mol. The quantitative estimate of drug-likeness (QED) is 0.699. The first kappa shape index (κ1) is 12.7. The minimum atomic E-state index is -0.312. The number of benzene rings is 2. The largest absolute Gasteiger partial charge is 0.495 e. The minimum Gasteiger partial charge on any atom is -0.495 e. The van der Waals surface area contributed by atoms with Crippen LogP contribution in [0.3, 0.4) is 0 Å². The topological polar surface area (TPSA) is 69.4 Å². The van der Waals surface area contributed by atoms with Crippen LogP contribution >= 0.6 is 11.6 Å². The number of rotatable bonds is 1. The lowest BCUT2D eigenvalue weighted by Crippen LogP contribution is -2.23. The van der Waals surface area contributed by atoms with Crippen molar-refractivity contribution in [3.05, 3.63) is 57.6 Å². The van der Waals surface area contributed by atoms with Crippen molar-refractivity contribution in [2.24, 2.45) is 0 Å².